The Balaban J connectivity index is 1.72. The second kappa shape index (κ2) is 6.32. The van der Waals surface area contributed by atoms with Gasteiger partial charge in [-0.05, 0) is 51.9 Å². The summed E-state index contributed by atoms with van der Waals surface area (Å²) in [5, 5.41) is 13.4. The smallest absolute Gasteiger partial charge is 0.228 e. The molecule has 1 aromatic heterocycles. The third kappa shape index (κ3) is 3.36. The fraction of sp³-hybridized carbons (Fsp3) is 0.412. The number of carbonyl (C=O) groups is 1. The first-order chi connectivity index (χ1) is 10.6. The Labute approximate surface area is 130 Å². The molecule has 116 valence electrons. The number of aromatic nitrogens is 2. The lowest BCUT2D eigenvalue weighted by atomic mass is 9.97. The molecule has 1 amide bonds. The third-order valence-electron chi connectivity index (χ3n) is 4.07. The monoisotopic (exact) mass is 298 g/mol. The van der Waals surface area contributed by atoms with Crippen LogP contribution >= 0.6 is 0 Å². The molecule has 0 aliphatic carbocycles. The van der Waals surface area contributed by atoms with Crippen molar-refractivity contribution in [3.8, 4) is 11.3 Å². The second-order valence-corrected chi connectivity index (χ2v) is 6.06. The van der Waals surface area contributed by atoms with Gasteiger partial charge in [-0.25, -0.2) is 0 Å². The van der Waals surface area contributed by atoms with Gasteiger partial charge in [-0.3, -0.25) is 9.89 Å². The van der Waals surface area contributed by atoms with Crippen LogP contribution in [0.3, 0.4) is 0 Å². The molecule has 1 fully saturated rings. The molecule has 2 heterocycles. The molecule has 0 bridgehead atoms. The van der Waals surface area contributed by atoms with Crippen molar-refractivity contribution >= 4 is 11.7 Å². The van der Waals surface area contributed by atoms with E-state index < -0.39 is 0 Å². The lowest BCUT2D eigenvalue weighted by Crippen LogP contribution is -2.34. The van der Waals surface area contributed by atoms with Crippen LogP contribution in [-0.2, 0) is 4.79 Å². The molecule has 3 rings (SSSR count). The maximum atomic E-state index is 12.2. The Kier molecular flexibility index (Phi) is 4.24. The van der Waals surface area contributed by atoms with Crippen LogP contribution in [0.2, 0.25) is 0 Å². The summed E-state index contributed by atoms with van der Waals surface area (Å²) >= 11 is 0. The Morgan fingerprint density at radius 2 is 1.82 bits per heavy atom. The Morgan fingerprint density at radius 1 is 1.14 bits per heavy atom. The molecule has 5 nitrogen and oxygen atoms in total. The van der Waals surface area contributed by atoms with Crippen LogP contribution in [0.25, 0.3) is 11.3 Å². The van der Waals surface area contributed by atoms with E-state index in [1.54, 1.807) is 0 Å². The molecule has 0 radical (unpaired) electrons. The Hall–Kier alpha value is -2.14. The number of hydrogen-bond acceptors (Lipinski definition) is 3. The number of aryl methyl sites for hydroxylation is 2. The molecule has 0 spiro atoms. The third-order valence-corrected chi connectivity index (χ3v) is 4.07. The van der Waals surface area contributed by atoms with Crippen LogP contribution in [0, 0.1) is 19.8 Å². The topological polar surface area (TPSA) is 69.8 Å². The van der Waals surface area contributed by atoms with Crippen molar-refractivity contribution in [3.05, 3.63) is 35.4 Å². The predicted molar refractivity (Wildman–Crippen MR) is 87.7 cm³/mol. The van der Waals surface area contributed by atoms with Gasteiger partial charge in [0.1, 0.15) is 0 Å². The van der Waals surface area contributed by atoms with E-state index in [0.717, 1.165) is 37.2 Å². The number of nitrogens with one attached hydrogen (secondary N) is 3. The van der Waals surface area contributed by atoms with Crippen LogP contribution in [0.4, 0.5) is 5.82 Å². The van der Waals surface area contributed by atoms with Gasteiger partial charge in [0.05, 0.1) is 5.69 Å². The highest BCUT2D eigenvalue weighted by molar-refractivity contribution is 5.92. The van der Waals surface area contributed by atoms with Crippen molar-refractivity contribution in [2.24, 2.45) is 5.92 Å². The lowest BCUT2D eigenvalue weighted by Gasteiger charge is -2.21. The molecule has 0 saturated carbocycles. The molecule has 0 unspecified atom stereocenters. The SMILES string of the molecule is Cc1cc(C)cc(-c2cc(NC(=O)C3CCNCC3)n[nH]2)c1. The second-order valence-electron chi connectivity index (χ2n) is 6.06. The number of benzene rings is 1. The summed E-state index contributed by atoms with van der Waals surface area (Å²) in [6, 6.07) is 8.25. The Bertz CT molecular complexity index is 651. The number of rotatable bonds is 3. The molecule has 1 aromatic carbocycles. The van der Waals surface area contributed by atoms with Crippen molar-refractivity contribution in [2.75, 3.05) is 18.4 Å². The standard InChI is InChI=1S/C17H22N4O/c1-11-7-12(2)9-14(8-11)15-10-16(21-20-15)19-17(22)13-3-5-18-6-4-13/h7-10,13,18H,3-6H2,1-2H3,(H2,19,20,21,22). The first-order valence-electron chi connectivity index (χ1n) is 7.77. The number of amides is 1. The van der Waals surface area contributed by atoms with Crippen molar-refractivity contribution in [3.63, 3.8) is 0 Å². The number of aromatic amines is 1. The van der Waals surface area contributed by atoms with Gasteiger partial charge in [0.25, 0.3) is 0 Å². The van der Waals surface area contributed by atoms with Gasteiger partial charge in [0.15, 0.2) is 5.82 Å². The van der Waals surface area contributed by atoms with E-state index in [0.29, 0.717) is 5.82 Å². The zero-order valence-electron chi connectivity index (χ0n) is 13.1. The summed E-state index contributed by atoms with van der Waals surface area (Å²) in [6.07, 6.45) is 1.78. The summed E-state index contributed by atoms with van der Waals surface area (Å²) in [4.78, 5) is 12.2. The van der Waals surface area contributed by atoms with Gasteiger partial charge < -0.3 is 10.6 Å². The van der Waals surface area contributed by atoms with Crippen molar-refractivity contribution in [1.82, 2.24) is 15.5 Å². The van der Waals surface area contributed by atoms with Gasteiger partial charge in [-0.15, -0.1) is 0 Å². The summed E-state index contributed by atoms with van der Waals surface area (Å²) in [5.41, 5.74) is 4.44. The number of H-pyrrole nitrogens is 1. The molecule has 5 heteroatoms. The summed E-state index contributed by atoms with van der Waals surface area (Å²) in [7, 11) is 0. The molecular formula is C17H22N4O. The van der Waals surface area contributed by atoms with Gasteiger partial charge in [0.2, 0.25) is 5.91 Å². The zero-order chi connectivity index (χ0) is 15.5. The van der Waals surface area contributed by atoms with Crippen molar-refractivity contribution < 1.29 is 4.79 Å². The minimum atomic E-state index is 0.0694. The van der Waals surface area contributed by atoms with Crippen LogP contribution < -0.4 is 10.6 Å². The van der Waals surface area contributed by atoms with Crippen LogP contribution in [0.5, 0.6) is 0 Å². The fourth-order valence-corrected chi connectivity index (χ4v) is 2.98. The number of hydrogen-bond donors (Lipinski definition) is 3. The minimum absolute atomic E-state index is 0.0694. The summed E-state index contributed by atoms with van der Waals surface area (Å²) < 4.78 is 0. The quantitative estimate of drug-likeness (QED) is 0.816. The highest BCUT2D eigenvalue weighted by Crippen LogP contribution is 2.23. The highest BCUT2D eigenvalue weighted by Gasteiger charge is 2.21. The molecule has 2 aromatic rings. The van der Waals surface area contributed by atoms with Crippen LogP contribution in [0.15, 0.2) is 24.3 Å². The van der Waals surface area contributed by atoms with Crippen LogP contribution in [0.1, 0.15) is 24.0 Å². The maximum Gasteiger partial charge on any atom is 0.228 e. The molecule has 0 atom stereocenters. The average molecular weight is 298 g/mol. The van der Waals surface area contributed by atoms with Gasteiger partial charge >= 0.3 is 0 Å². The number of anilines is 1. The van der Waals surface area contributed by atoms with E-state index >= 15 is 0 Å². The van der Waals surface area contributed by atoms with E-state index in [2.05, 4.69) is 52.9 Å². The largest absolute Gasteiger partial charge is 0.317 e. The van der Waals surface area contributed by atoms with Crippen molar-refractivity contribution in [2.45, 2.75) is 26.7 Å². The number of nitrogens with zero attached hydrogens (tertiary/aromatic N) is 1. The van der Waals surface area contributed by atoms with Gasteiger partial charge in [-0.2, -0.15) is 5.10 Å². The molecule has 1 saturated heterocycles. The van der Waals surface area contributed by atoms with E-state index in [1.807, 2.05) is 6.07 Å². The van der Waals surface area contributed by atoms with Crippen molar-refractivity contribution in [1.29, 1.82) is 0 Å². The molecule has 22 heavy (non-hydrogen) atoms. The summed E-state index contributed by atoms with van der Waals surface area (Å²) in [6.45, 7) is 5.97. The average Bonchev–Trinajstić information content (AvgIpc) is 2.96. The first kappa shape index (κ1) is 14.8. The highest BCUT2D eigenvalue weighted by atomic mass is 16.2. The van der Waals surface area contributed by atoms with E-state index in [4.69, 9.17) is 0 Å². The maximum absolute atomic E-state index is 12.2. The van der Waals surface area contributed by atoms with E-state index in [9.17, 15) is 4.79 Å². The first-order valence-corrected chi connectivity index (χ1v) is 7.77. The lowest BCUT2D eigenvalue weighted by molar-refractivity contribution is -0.120. The zero-order valence-corrected chi connectivity index (χ0v) is 13.1. The van der Waals surface area contributed by atoms with Gasteiger partial charge in [0, 0.05) is 17.5 Å². The predicted octanol–water partition coefficient (Wildman–Crippen LogP) is 2.63. The van der Waals surface area contributed by atoms with Gasteiger partial charge in [-0.1, -0.05) is 17.2 Å². The van der Waals surface area contributed by atoms with E-state index in [-0.39, 0.29) is 11.8 Å². The summed E-state index contributed by atoms with van der Waals surface area (Å²) in [5.74, 6) is 0.750. The molecule has 1 aliphatic rings. The molecular weight excluding hydrogens is 276 g/mol. The number of piperidine rings is 1. The fourth-order valence-electron chi connectivity index (χ4n) is 2.98. The molecule has 1 aliphatic heterocycles. The minimum Gasteiger partial charge on any atom is -0.317 e. The molecule has 3 N–H and O–H groups in total. The van der Waals surface area contributed by atoms with E-state index in [1.165, 1.54) is 11.1 Å². The number of carbonyl (C=O) groups excluding carboxylic acids is 1. The van der Waals surface area contributed by atoms with Crippen LogP contribution in [-0.4, -0.2) is 29.2 Å². The normalized spacial score (nSPS) is 15.7. The Morgan fingerprint density at radius 3 is 2.50 bits per heavy atom.